The number of nitrogens with one attached hydrogen (secondary N) is 1. The highest BCUT2D eigenvalue weighted by Crippen LogP contribution is 2.29. The van der Waals surface area contributed by atoms with E-state index in [-0.39, 0.29) is 17.6 Å². The Labute approximate surface area is 151 Å². The van der Waals surface area contributed by atoms with Crippen LogP contribution in [0.2, 0.25) is 0 Å². The summed E-state index contributed by atoms with van der Waals surface area (Å²) in [4.78, 5) is 12.1. The van der Waals surface area contributed by atoms with Gasteiger partial charge in [-0.1, -0.05) is 19.3 Å². The first-order chi connectivity index (χ1) is 12.9. The van der Waals surface area contributed by atoms with Crippen LogP contribution in [0.15, 0.2) is 16.5 Å². The third-order valence-electron chi connectivity index (χ3n) is 4.35. The van der Waals surface area contributed by atoms with Gasteiger partial charge in [0.15, 0.2) is 11.5 Å². The Balaban J connectivity index is 1.66. The summed E-state index contributed by atoms with van der Waals surface area (Å²) in [5.41, 5.74) is 0. The number of benzene rings is 1. The summed E-state index contributed by atoms with van der Waals surface area (Å²) in [7, 11) is 0. The lowest BCUT2D eigenvalue weighted by molar-refractivity contribution is 0.0895. The Morgan fingerprint density at radius 2 is 1.56 bits per heavy atom. The molecule has 0 aliphatic heterocycles. The second kappa shape index (κ2) is 7.98. The van der Waals surface area contributed by atoms with Gasteiger partial charge in [-0.15, -0.1) is 0 Å². The number of furan rings is 1. The third-order valence-corrected chi connectivity index (χ3v) is 4.35. The number of hydrogen-bond donors (Lipinski definition) is 1. The van der Waals surface area contributed by atoms with Crippen molar-refractivity contribution >= 4 is 5.91 Å². The Morgan fingerprint density at radius 3 is 2.19 bits per heavy atom. The largest absolute Gasteiger partial charge is 0.479 e. The number of carbonyl (C=O) groups is 1. The smallest absolute Gasteiger partial charge is 0.287 e. The molecule has 1 N–H and O–H groups in total. The quantitative estimate of drug-likeness (QED) is 0.461. The third kappa shape index (κ3) is 4.06. The van der Waals surface area contributed by atoms with Crippen molar-refractivity contribution in [1.82, 2.24) is 5.32 Å². The summed E-state index contributed by atoms with van der Waals surface area (Å²) in [6.45, 7) is -0.616. The fourth-order valence-electron chi connectivity index (χ4n) is 2.94. The molecule has 146 valence electrons. The molecule has 3 rings (SSSR count). The van der Waals surface area contributed by atoms with Crippen LogP contribution in [-0.2, 0) is 6.61 Å². The van der Waals surface area contributed by atoms with Gasteiger partial charge >= 0.3 is 0 Å². The molecule has 1 aliphatic rings. The number of halogens is 5. The Kier molecular flexibility index (Phi) is 5.67. The molecule has 1 amide bonds. The summed E-state index contributed by atoms with van der Waals surface area (Å²) in [6, 6.07) is 2.72. The summed E-state index contributed by atoms with van der Waals surface area (Å²) in [5, 5.41) is 2.83. The molecule has 1 fully saturated rings. The average molecular weight is 389 g/mol. The zero-order valence-electron chi connectivity index (χ0n) is 14.1. The fraction of sp³-hybridized carbons (Fsp3) is 0.389. The first-order valence-corrected chi connectivity index (χ1v) is 8.42. The number of hydrogen-bond acceptors (Lipinski definition) is 3. The van der Waals surface area contributed by atoms with Crippen LogP contribution >= 0.6 is 0 Å². The van der Waals surface area contributed by atoms with Gasteiger partial charge in [0.25, 0.3) is 5.91 Å². The minimum absolute atomic E-state index is 0.00673. The molecule has 1 saturated carbocycles. The van der Waals surface area contributed by atoms with Crippen molar-refractivity contribution in [2.45, 2.75) is 44.8 Å². The second-order valence-electron chi connectivity index (χ2n) is 6.26. The van der Waals surface area contributed by atoms with Gasteiger partial charge in [-0.05, 0) is 25.0 Å². The van der Waals surface area contributed by atoms with Crippen molar-refractivity contribution < 1.29 is 35.9 Å². The van der Waals surface area contributed by atoms with Gasteiger partial charge in [0, 0.05) is 6.04 Å². The van der Waals surface area contributed by atoms with Crippen LogP contribution in [0, 0.1) is 29.1 Å². The summed E-state index contributed by atoms with van der Waals surface area (Å²) >= 11 is 0. The van der Waals surface area contributed by atoms with E-state index in [0.717, 1.165) is 32.1 Å². The Hall–Kier alpha value is -2.58. The maximum atomic E-state index is 13.6. The molecule has 0 unspecified atom stereocenters. The van der Waals surface area contributed by atoms with Crippen molar-refractivity contribution in [2.24, 2.45) is 0 Å². The first-order valence-electron chi connectivity index (χ1n) is 8.42. The van der Waals surface area contributed by atoms with E-state index >= 15 is 0 Å². The van der Waals surface area contributed by atoms with E-state index in [2.05, 4.69) is 5.32 Å². The van der Waals surface area contributed by atoms with Gasteiger partial charge < -0.3 is 14.5 Å². The monoisotopic (exact) mass is 389 g/mol. The minimum Gasteiger partial charge on any atom is -0.479 e. The molecule has 1 aromatic carbocycles. The zero-order chi connectivity index (χ0) is 19.6. The van der Waals surface area contributed by atoms with Crippen molar-refractivity contribution in [2.75, 3.05) is 0 Å². The van der Waals surface area contributed by atoms with E-state index in [1.54, 1.807) is 0 Å². The maximum Gasteiger partial charge on any atom is 0.287 e. The SMILES string of the molecule is O=C(NC1CCCCC1)c1ccc(COc2c(F)c(F)c(F)c(F)c2F)o1. The molecular formula is C18H16F5NO3. The lowest BCUT2D eigenvalue weighted by atomic mass is 9.95. The first kappa shape index (κ1) is 19.2. The molecule has 0 radical (unpaired) electrons. The Morgan fingerprint density at radius 1 is 0.963 bits per heavy atom. The topological polar surface area (TPSA) is 51.5 Å². The number of carbonyl (C=O) groups excluding carboxylic acids is 1. The van der Waals surface area contributed by atoms with Gasteiger partial charge in [0.1, 0.15) is 12.4 Å². The number of rotatable bonds is 5. The van der Waals surface area contributed by atoms with Crippen LogP contribution in [0.1, 0.15) is 48.4 Å². The summed E-state index contributed by atoms with van der Waals surface area (Å²) in [6.07, 6.45) is 4.95. The van der Waals surface area contributed by atoms with E-state index in [9.17, 15) is 26.7 Å². The van der Waals surface area contributed by atoms with Gasteiger partial charge in [-0.2, -0.15) is 8.78 Å². The molecule has 27 heavy (non-hydrogen) atoms. The molecule has 0 spiro atoms. The van der Waals surface area contributed by atoms with Crippen molar-refractivity contribution in [3.63, 3.8) is 0 Å². The molecule has 4 nitrogen and oxygen atoms in total. The normalized spacial score (nSPS) is 15.0. The van der Waals surface area contributed by atoms with Gasteiger partial charge in [0.05, 0.1) is 0 Å². The van der Waals surface area contributed by atoms with Gasteiger partial charge in [-0.25, -0.2) is 13.2 Å². The van der Waals surface area contributed by atoms with E-state index < -0.39 is 47.3 Å². The van der Waals surface area contributed by atoms with Crippen molar-refractivity contribution in [1.29, 1.82) is 0 Å². The van der Waals surface area contributed by atoms with Crippen LogP contribution < -0.4 is 10.1 Å². The molecule has 0 bridgehead atoms. The van der Waals surface area contributed by atoms with E-state index in [1.807, 2.05) is 0 Å². The van der Waals surface area contributed by atoms with Crippen molar-refractivity contribution in [3.8, 4) is 5.75 Å². The molecule has 0 atom stereocenters. The van der Waals surface area contributed by atoms with Crippen LogP contribution in [-0.4, -0.2) is 11.9 Å². The standard InChI is InChI=1S/C18H16F5NO3/c19-12-13(20)15(22)17(16(23)14(12)21)26-8-10-6-7-11(27-10)18(25)24-9-4-2-1-3-5-9/h6-7,9H,1-5,8H2,(H,24,25). The van der Waals surface area contributed by atoms with Gasteiger partial charge in [-0.3, -0.25) is 4.79 Å². The summed E-state index contributed by atoms with van der Waals surface area (Å²) in [5.74, 6) is -12.5. The molecule has 1 heterocycles. The molecule has 0 saturated heterocycles. The fourth-order valence-corrected chi connectivity index (χ4v) is 2.94. The minimum atomic E-state index is -2.27. The lowest BCUT2D eigenvalue weighted by Crippen LogP contribution is -2.35. The van der Waals surface area contributed by atoms with Crippen LogP contribution in [0.25, 0.3) is 0 Å². The average Bonchev–Trinajstić information content (AvgIpc) is 3.15. The highest BCUT2D eigenvalue weighted by molar-refractivity contribution is 5.91. The molecule has 9 heteroatoms. The lowest BCUT2D eigenvalue weighted by Gasteiger charge is -2.22. The molecule has 2 aromatic rings. The number of amides is 1. The molecule has 1 aromatic heterocycles. The van der Waals surface area contributed by atoms with Crippen molar-refractivity contribution in [3.05, 3.63) is 52.7 Å². The number of ether oxygens (including phenoxy) is 1. The van der Waals surface area contributed by atoms with E-state index in [4.69, 9.17) is 9.15 Å². The second-order valence-corrected chi connectivity index (χ2v) is 6.26. The van der Waals surface area contributed by atoms with E-state index in [0.29, 0.717) is 0 Å². The predicted octanol–water partition coefficient (Wildman–Crippen LogP) is 4.62. The molecular weight excluding hydrogens is 373 g/mol. The van der Waals surface area contributed by atoms with Crippen LogP contribution in [0.5, 0.6) is 5.75 Å². The highest BCUT2D eigenvalue weighted by Gasteiger charge is 2.27. The zero-order valence-corrected chi connectivity index (χ0v) is 14.1. The summed E-state index contributed by atoms with van der Waals surface area (Å²) < 4.78 is 76.3. The maximum absolute atomic E-state index is 13.6. The molecule has 1 aliphatic carbocycles. The predicted molar refractivity (Wildman–Crippen MR) is 83.6 cm³/mol. The van der Waals surface area contributed by atoms with Gasteiger partial charge in [0.2, 0.25) is 29.1 Å². The van der Waals surface area contributed by atoms with Crippen LogP contribution in [0.3, 0.4) is 0 Å². The van der Waals surface area contributed by atoms with E-state index in [1.165, 1.54) is 12.1 Å². The highest BCUT2D eigenvalue weighted by atomic mass is 19.2. The Bertz CT molecular complexity index is 817. The van der Waals surface area contributed by atoms with Crippen LogP contribution in [0.4, 0.5) is 22.0 Å².